The number of aliphatic carboxylic acids is 3. The Bertz CT molecular complexity index is 983. The van der Waals surface area contributed by atoms with Crippen LogP contribution in [0.15, 0.2) is 9.59 Å². The maximum Gasteiger partial charge on any atom is 0.332 e. The molecule has 0 atom stereocenters. The minimum Gasteiger partial charge on any atom is -0.481 e. The normalized spacial score (nSPS) is 10.9. The molecule has 12 nitrogen and oxygen atoms in total. The lowest BCUT2D eigenvalue weighted by Gasteiger charge is -2.09. The molecule has 0 spiro atoms. The standard InChI is InChI=1S/C14H16N4O8/c19-8(20)2-1-7-15-11-12(16-7)17(5-3-9(21)22)14(26)18(13(11)25)6-4-10(23)24/h1-6H2,(H,15,16)(H,19,20)(H,21,22)(H,23,24). The molecule has 2 aromatic heterocycles. The summed E-state index contributed by atoms with van der Waals surface area (Å²) in [6.45, 7) is -0.666. The Balaban J connectivity index is 2.59. The van der Waals surface area contributed by atoms with Gasteiger partial charge >= 0.3 is 23.6 Å². The Morgan fingerprint density at radius 1 is 0.885 bits per heavy atom. The molecule has 12 heteroatoms. The average Bonchev–Trinajstić information content (AvgIpc) is 2.96. The van der Waals surface area contributed by atoms with Crippen LogP contribution in [-0.2, 0) is 33.9 Å². The number of aromatic nitrogens is 4. The summed E-state index contributed by atoms with van der Waals surface area (Å²) in [6.07, 6.45) is -1.17. The highest BCUT2D eigenvalue weighted by Crippen LogP contribution is 2.08. The molecule has 0 aliphatic rings. The number of imidazole rings is 1. The quantitative estimate of drug-likeness (QED) is 0.424. The molecule has 140 valence electrons. The summed E-state index contributed by atoms with van der Waals surface area (Å²) in [6, 6.07) is 0. The maximum atomic E-state index is 12.5. The Labute approximate surface area is 144 Å². The molecule has 2 heterocycles. The Morgan fingerprint density at radius 3 is 1.96 bits per heavy atom. The van der Waals surface area contributed by atoms with Crippen molar-refractivity contribution in [2.45, 2.75) is 38.8 Å². The number of aryl methyl sites for hydroxylation is 2. The molecule has 0 saturated carbocycles. The van der Waals surface area contributed by atoms with Gasteiger partial charge in [0.1, 0.15) is 11.3 Å². The van der Waals surface area contributed by atoms with Gasteiger partial charge in [-0.25, -0.2) is 9.78 Å². The van der Waals surface area contributed by atoms with Crippen LogP contribution in [0.4, 0.5) is 0 Å². The Morgan fingerprint density at radius 2 is 1.42 bits per heavy atom. The molecule has 2 rings (SSSR count). The molecule has 0 bridgehead atoms. The van der Waals surface area contributed by atoms with Crippen molar-refractivity contribution in [3.05, 3.63) is 26.7 Å². The van der Waals surface area contributed by atoms with Crippen LogP contribution in [0, 0.1) is 0 Å². The van der Waals surface area contributed by atoms with E-state index in [0.717, 1.165) is 4.57 Å². The first kappa shape index (κ1) is 18.9. The van der Waals surface area contributed by atoms with E-state index in [9.17, 15) is 24.0 Å². The van der Waals surface area contributed by atoms with Gasteiger partial charge in [0.2, 0.25) is 0 Å². The molecule has 0 saturated heterocycles. The van der Waals surface area contributed by atoms with E-state index in [1.54, 1.807) is 0 Å². The zero-order valence-corrected chi connectivity index (χ0v) is 13.5. The molecular weight excluding hydrogens is 352 g/mol. The van der Waals surface area contributed by atoms with E-state index < -0.39 is 42.0 Å². The van der Waals surface area contributed by atoms with Crippen LogP contribution in [0.5, 0.6) is 0 Å². The number of H-pyrrole nitrogens is 1. The first-order chi connectivity index (χ1) is 12.2. The average molecular weight is 368 g/mol. The second-order valence-corrected chi connectivity index (χ2v) is 5.45. The lowest BCUT2D eigenvalue weighted by Crippen LogP contribution is -2.40. The highest BCUT2D eigenvalue weighted by atomic mass is 16.4. The number of hydrogen-bond acceptors (Lipinski definition) is 6. The van der Waals surface area contributed by atoms with Gasteiger partial charge in [0.05, 0.1) is 19.3 Å². The molecule has 0 aliphatic heterocycles. The molecule has 0 radical (unpaired) electrons. The number of carboxylic acids is 3. The number of fused-ring (bicyclic) bond motifs is 1. The third-order valence-corrected chi connectivity index (χ3v) is 3.58. The summed E-state index contributed by atoms with van der Waals surface area (Å²) >= 11 is 0. The molecule has 0 aliphatic carbocycles. The smallest absolute Gasteiger partial charge is 0.332 e. The van der Waals surface area contributed by atoms with Crippen molar-refractivity contribution < 1.29 is 29.7 Å². The van der Waals surface area contributed by atoms with Crippen molar-refractivity contribution in [3.63, 3.8) is 0 Å². The predicted molar refractivity (Wildman–Crippen MR) is 85.1 cm³/mol. The van der Waals surface area contributed by atoms with Crippen LogP contribution in [0.25, 0.3) is 11.2 Å². The van der Waals surface area contributed by atoms with Gasteiger partial charge in [-0.2, -0.15) is 0 Å². The lowest BCUT2D eigenvalue weighted by molar-refractivity contribution is -0.138. The molecule has 26 heavy (non-hydrogen) atoms. The van der Waals surface area contributed by atoms with E-state index in [4.69, 9.17) is 15.3 Å². The Hall–Kier alpha value is -3.44. The number of nitrogens with one attached hydrogen (secondary N) is 1. The van der Waals surface area contributed by atoms with Crippen LogP contribution in [0.1, 0.15) is 25.1 Å². The topological polar surface area (TPSA) is 185 Å². The van der Waals surface area contributed by atoms with Crippen molar-refractivity contribution in [2.24, 2.45) is 0 Å². The minimum atomic E-state index is -1.21. The van der Waals surface area contributed by atoms with Gasteiger partial charge in [-0.05, 0) is 0 Å². The second kappa shape index (κ2) is 7.63. The van der Waals surface area contributed by atoms with Gasteiger partial charge in [0.25, 0.3) is 5.56 Å². The van der Waals surface area contributed by atoms with Gasteiger partial charge in [-0.15, -0.1) is 0 Å². The van der Waals surface area contributed by atoms with Crippen LogP contribution in [-0.4, -0.2) is 52.3 Å². The third-order valence-electron chi connectivity index (χ3n) is 3.58. The van der Waals surface area contributed by atoms with Gasteiger partial charge in [0.15, 0.2) is 5.65 Å². The molecule has 0 amide bonds. The molecule has 0 unspecified atom stereocenters. The number of aromatic amines is 1. The fraction of sp³-hybridized carbons (Fsp3) is 0.429. The number of carbonyl (C=O) groups is 3. The lowest BCUT2D eigenvalue weighted by atomic mass is 10.3. The van der Waals surface area contributed by atoms with Crippen molar-refractivity contribution >= 4 is 29.1 Å². The Kier molecular flexibility index (Phi) is 5.54. The van der Waals surface area contributed by atoms with E-state index >= 15 is 0 Å². The summed E-state index contributed by atoms with van der Waals surface area (Å²) < 4.78 is 1.66. The number of nitrogens with zero attached hydrogens (tertiary/aromatic N) is 3. The first-order valence-corrected chi connectivity index (χ1v) is 7.58. The van der Waals surface area contributed by atoms with Crippen molar-refractivity contribution in [3.8, 4) is 0 Å². The predicted octanol–water partition coefficient (Wildman–Crippen LogP) is -1.15. The van der Waals surface area contributed by atoms with Crippen LogP contribution in [0.2, 0.25) is 0 Å². The van der Waals surface area contributed by atoms with Crippen LogP contribution < -0.4 is 11.2 Å². The van der Waals surface area contributed by atoms with Crippen molar-refractivity contribution in [1.29, 1.82) is 0 Å². The van der Waals surface area contributed by atoms with Gasteiger partial charge in [0, 0.05) is 19.5 Å². The van der Waals surface area contributed by atoms with E-state index in [2.05, 4.69) is 9.97 Å². The van der Waals surface area contributed by atoms with E-state index in [0.29, 0.717) is 4.57 Å². The van der Waals surface area contributed by atoms with Crippen molar-refractivity contribution in [2.75, 3.05) is 0 Å². The summed E-state index contributed by atoms with van der Waals surface area (Å²) in [4.78, 5) is 63.9. The van der Waals surface area contributed by atoms with E-state index in [-0.39, 0.29) is 42.9 Å². The van der Waals surface area contributed by atoms with Crippen LogP contribution >= 0.6 is 0 Å². The molecule has 0 fully saturated rings. The second-order valence-electron chi connectivity index (χ2n) is 5.45. The molecule has 4 N–H and O–H groups in total. The fourth-order valence-electron chi connectivity index (χ4n) is 2.37. The van der Waals surface area contributed by atoms with Crippen molar-refractivity contribution in [1.82, 2.24) is 19.1 Å². The first-order valence-electron chi connectivity index (χ1n) is 7.58. The molecular formula is C14H16N4O8. The molecule has 2 aromatic rings. The van der Waals surface area contributed by atoms with Gasteiger partial charge < -0.3 is 20.3 Å². The number of hydrogen-bond donors (Lipinski definition) is 4. The third kappa shape index (κ3) is 4.15. The summed E-state index contributed by atoms with van der Waals surface area (Å²) in [5.74, 6) is -3.30. The minimum absolute atomic E-state index is 0.0221. The number of rotatable bonds is 9. The summed E-state index contributed by atoms with van der Waals surface area (Å²) in [5.41, 5.74) is -1.87. The largest absolute Gasteiger partial charge is 0.481 e. The highest BCUT2D eigenvalue weighted by molar-refractivity contribution is 5.72. The monoisotopic (exact) mass is 368 g/mol. The zero-order valence-electron chi connectivity index (χ0n) is 13.5. The zero-order chi connectivity index (χ0) is 19.4. The van der Waals surface area contributed by atoms with E-state index in [1.807, 2.05) is 0 Å². The molecule has 0 aromatic carbocycles. The highest BCUT2D eigenvalue weighted by Gasteiger charge is 2.18. The number of carboxylic acid groups (broad SMARTS) is 3. The fourth-order valence-corrected chi connectivity index (χ4v) is 2.37. The van der Waals surface area contributed by atoms with Crippen LogP contribution in [0.3, 0.4) is 0 Å². The van der Waals surface area contributed by atoms with Gasteiger partial charge in [-0.3, -0.25) is 28.3 Å². The maximum absolute atomic E-state index is 12.5. The summed E-state index contributed by atoms with van der Waals surface area (Å²) in [7, 11) is 0. The summed E-state index contributed by atoms with van der Waals surface area (Å²) in [5, 5.41) is 26.3. The SMILES string of the molecule is O=C(O)CCc1nc2c([nH]1)c(=O)n(CCC(=O)O)c(=O)n2CCC(=O)O. The van der Waals surface area contributed by atoms with Gasteiger partial charge in [-0.1, -0.05) is 0 Å². The van der Waals surface area contributed by atoms with E-state index in [1.165, 1.54) is 0 Å².